The molecule has 9 nitrogen and oxygen atoms in total. The Kier molecular flexibility index (Phi) is 9.77. The van der Waals surface area contributed by atoms with Gasteiger partial charge in [0.1, 0.15) is 19.0 Å². The summed E-state index contributed by atoms with van der Waals surface area (Å²) in [5, 5.41) is 2.18. The Hall–Kier alpha value is -3.05. The first-order valence-corrected chi connectivity index (χ1v) is 11.8. The second kappa shape index (κ2) is 12.8. The highest BCUT2D eigenvalue weighted by atomic mass is 19.3. The number of amides is 1. The number of ether oxygens (including phenoxy) is 4. The molecule has 198 valence electrons. The molecule has 11 heteroatoms. The lowest BCUT2D eigenvalue weighted by Crippen LogP contribution is -2.38. The average molecular weight is 511 g/mol. The van der Waals surface area contributed by atoms with Gasteiger partial charge in [-0.05, 0) is 32.3 Å². The van der Waals surface area contributed by atoms with E-state index in [1.807, 2.05) is 13.0 Å². The molecule has 0 aliphatic carbocycles. The number of nitrogens with one attached hydrogen (secondary N) is 1. The van der Waals surface area contributed by atoms with Crippen LogP contribution in [0.1, 0.15) is 46.8 Å². The minimum atomic E-state index is -3.26. The van der Waals surface area contributed by atoms with Crippen LogP contribution < -0.4 is 10.1 Å². The van der Waals surface area contributed by atoms with Crippen LogP contribution in [0.25, 0.3) is 0 Å². The topological polar surface area (TPSA) is 103 Å². The Morgan fingerprint density at radius 1 is 1.22 bits per heavy atom. The zero-order valence-corrected chi connectivity index (χ0v) is 20.8. The number of hydrogen-bond donors (Lipinski definition) is 1. The molecule has 1 saturated heterocycles. The lowest BCUT2D eigenvalue weighted by molar-refractivity contribution is -0.144. The first-order valence-electron chi connectivity index (χ1n) is 11.8. The van der Waals surface area contributed by atoms with Crippen molar-refractivity contribution in [3.63, 3.8) is 0 Å². The number of halogens is 2. The molecule has 2 aliphatic rings. The summed E-state index contributed by atoms with van der Waals surface area (Å²) in [6, 6.07) is 0. The molecule has 2 aliphatic heterocycles. The van der Waals surface area contributed by atoms with Crippen molar-refractivity contribution < 1.29 is 42.1 Å². The van der Waals surface area contributed by atoms with E-state index < -0.39 is 18.3 Å². The first-order chi connectivity index (χ1) is 17.2. The fourth-order valence-corrected chi connectivity index (χ4v) is 4.23. The highest BCUT2D eigenvalue weighted by molar-refractivity contribution is 6.06. The first kappa shape index (κ1) is 27.5. The van der Waals surface area contributed by atoms with Gasteiger partial charge in [-0.3, -0.25) is 14.5 Å². The van der Waals surface area contributed by atoms with E-state index in [2.05, 4.69) is 10.2 Å². The molecule has 0 bridgehead atoms. The number of anilines is 1. The molecule has 0 saturated carbocycles. The van der Waals surface area contributed by atoms with Gasteiger partial charge in [0.2, 0.25) is 0 Å². The van der Waals surface area contributed by atoms with Crippen LogP contribution in [-0.2, 0) is 36.8 Å². The maximum Gasteiger partial charge on any atom is 0.341 e. The smallest absolute Gasteiger partial charge is 0.341 e. The second-order valence-electron chi connectivity index (χ2n) is 8.66. The lowest BCUT2D eigenvalue weighted by Gasteiger charge is -2.26. The number of esters is 2. The maximum absolute atomic E-state index is 13.0. The third-order valence-electron chi connectivity index (χ3n) is 6.28. The summed E-state index contributed by atoms with van der Waals surface area (Å²) < 4.78 is 47.3. The van der Waals surface area contributed by atoms with Gasteiger partial charge in [-0.1, -0.05) is 11.6 Å². The molecule has 0 unspecified atom stereocenters. The molecule has 0 spiro atoms. The van der Waals surface area contributed by atoms with E-state index in [9.17, 15) is 23.2 Å². The van der Waals surface area contributed by atoms with Crippen molar-refractivity contribution in [3.05, 3.63) is 33.9 Å². The summed E-state index contributed by atoms with van der Waals surface area (Å²) in [5.74, 6) is -2.15. The molecule has 0 radical (unpaired) electrons. The van der Waals surface area contributed by atoms with Gasteiger partial charge in [0.25, 0.3) is 5.91 Å². The Bertz CT molecular complexity index is 1020. The van der Waals surface area contributed by atoms with Gasteiger partial charge in [0, 0.05) is 37.2 Å². The zero-order valence-electron chi connectivity index (χ0n) is 20.8. The predicted octanol–water partition coefficient (Wildman–Crippen LogP) is 3.02. The van der Waals surface area contributed by atoms with Crippen LogP contribution in [0.2, 0.25) is 0 Å². The number of benzene rings is 1. The van der Waals surface area contributed by atoms with Crippen LogP contribution in [0, 0.1) is 6.92 Å². The maximum atomic E-state index is 13.0. The molecule has 1 aromatic rings. The van der Waals surface area contributed by atoms with Crippen LogP contribution in [0.3, 0.4) is 0 Å². The molecule has 2 heterocycles. The number of methoxy groups -OCH3 is 1. The fourth-order valence-electron chi connectivity index (χ4n) is 4.23. The molecule has 0 aromatic heterocycles. The average Bonchev–Trinajstić information content (AvgIpc) is 3.25. The molecule has 36 heavy (non-hydrogen) atoms. The van der Waals surface area contributed by atoms with Crippen molar-refractivity contribution >= 4 is 23.5 Å². The second-order valence-corrected chi connectivity index (χ2v) is 8.66. The number of hydrogen-bond acceptors (Lipinski definition) is 8. The quantitative estimate of drug-likeness (QED) is 0.358. The van der Waals surface area contributed by atoms with Crippen molar-refractivity contribution in [2.24, 2.45) is 0 Å². The largest absolute Gasteiger partial charge is 0.496 e. The third kappa shape index (κ3) is 6.79. The van der Waals surface area contributed by atoms with Gasteiger partial charge in [-0.25, -0.2) is 4.79 Å². The standard InChI is InChI=1S/C25H32F2N2O7/c1-15(5-7-19(30)35-13-10-29-8-11-34-12-9-29)4-6-17-21(28-24(31)23(26)27)20-18(14-36-25(20)32)16(2)22(17)33-3/h4,23H,5-14H2,1-3H3,(H,28,31). The predicted molar refractivity (Wildman–Crippen MR) is 126 cm³/mol. The highest BCUT2D eigenvalue weighted by Gasteiger charge is 2.33. The molecule has 1 amide bonds. The Balaban J connectivity index is 1.68. The zero-order chi connectivity index (χ0) is 26.2. The van der Waals surface area contributed by atoms with Gasteiger partial charge < -0.3 is 24.3 Å². The van der Waals surface area contributed by atoms with Crippen LogP contribution in [0.5, 0.6) is 5.75 Å². The third-order valence-corrected chi connectivity index (χ3v) is 6.28. The van der Waals surface area contributed by atoms with Crippen molar-refractivity contribution in [3.8, 4) is 5.75 Å². The van der Waals surface area contributed by atoms with Crippen LogP contribution in [0.15, 0.2) is 11.6 Å². The molecule has 1 N–H and O–H groups in total. The number of allylic oxidation sites excluding steroid dienone is 2. The van der Waals surface area contributed by atoms with E-state index in [-0.39, 0.29) is 36.7 Å². The molecular weight excluding hydrogens is 478 g/mol. The van der Waals surface area contributed by atoms with E-state index >= 15 is 0 Å². The Labute approximate surface area is 208 Å². The van der Waals surface area contributed by atoms with Crippen LogP contribution in [-0.4, -0.2) is 75.7 Å². The van der Waals surface area contributed by atoms with Crippen molar-refractivity contribution in [2.75, 3.05) is 51.9 Å². The summed E-state index contributed by atoms with van der Waals surface area (Å²) in [6.45, 7) is 7.53. The minimum Gasteiger partial charge on any atom is -0.496 e. The number of nitrogens with zero attached hydrogens (tertiary/aromatic N) is 1. The van der Waals surface area contributed by atoms with Gasteiger partial charge in [0.05, 0.1) is 31.6 Å². The summed E-state index contributed by atoms with van der Waals surface area (Å²) in [5.41, 5.74) is 2.39. The number of cyclic esters (lactones) is 1. The normalized spacial score (nSPS) is 16.1. The molecule has 3 rings (SSSR count). The van der Waals surface area contributed by atoms with Gasteiger partial charge in [-0.2, -0.15) is 8.78 Å². The van der Waals surface area contributed by atoms with E-state index in [0.717, 1.165) is 18.7 Å². The molecule has 0 atom stereocenters. The van der Waals surface area contributed by atoms with Crippen LogP contribution in [0.4, 0.5) is 14.5 Å². The van der Waals surface area contributed by atoms with Crippen molar-refractivity contribution in [2.45, 2.75) is 46.1 Å². The van der Waals surface area contributed by atoms with Gasteiger partial charge in [0.15, 0.2) is 0 Å². The summed E-state index contributed by atoms with van der Waals surface area (Å²) in [4.78, 5) is 38.5. The summed E-state index contributed by atoms with van der Waals surface area (Å²) in [7, 11) is 1.43. The van der Waals surface area contributed by atoms with Gasteiger partial charge >= 0.3 is 18.4 Å². The summed E-state index contributed by atoms with van der Waals surface area (Å²) in [6.07, 6.45) is -0.648. The number of rotatable bonds is 11. The minimum absolute atomic E-state index is 0.0310. The van der Waals surface area contributed by atoms with Crippen molar-refractivity contribution in [1.82, 2.24) is 4.90 Å². The van der Waals surface area contributed by atoms with Crippen LogP contribution >= 0.6 is 0 Å². The number of carbonyl (C=O) groups is 3. The van der Waals surface area contributed by atoms with E-state index in [0.29, 0.717) is 55.2 Å². The number of fused-ring (bicyclic) bond motifs is 1. The van der Waals surface area contributed by atoms with Gasteiger partial charge in [-0.15, -0.1) is 0 Å². The fraction of sp³-hybridized carbons (Fsp3) is 0.560. The number of morpholine rings is 1. The van der Waals surface area contributed by atoms with E-state index in [1.54, 1.807) is 6.92 Å². The Morgan fingerprint density at radius 3 is 2.61 bits per heavy atom. The Morgan fingerprint density at radius 2 is 1.94 bits per heavy atom. The monoisotopic (exact) mass is 510 g/mol. The molecule has 1 aromatic carbocycles. The highest BCUT2D eigenvalue weighted by Crippen LogP contribution is 2.41. The number of carbonyl (C=O) groups excluding carboxylic acids is 3. The summed E-state index contributed by atoms with van der Waals surface area (Å²) >= 11 is 0. The van der Waals surface area contributed by atoms with Crippen molar-refractivity contribution in [1.29, 1.82) is 0 Å². The molecule has 1 fully saturated rings. The SMILES string of the molecule is COc1c(C)c2c(c(NC(=O)C(F)F)c1CC=C(C)CCC(=O)OCCN1CCOCC1)C(=O)OC2. The molecular formula is C25H32F2N2O7. The van der Waals surface area contributed by atoms with E-state index in [4.69, 9.17) is 18.9 Å². The lowest BCUT2D eigenvalue weighted by atomic mass is 9.93. The van der Waals surface area contributed by atoms with E-state index in [1.165, 1.54) is 7.11 Å². The number of alkyl halides is 2.